The molecule has 1 saturated heterocycles. The number of benzene rings is 1. The fraction of sp³-hybridized carbons (Fsp3) is 0.278. The van der Waals surface area contributed by atoms with E-state index >= 15 is 0 Å². The Hall–Kier alpha value is -2.29. The van der Waals surface area contributed by atoms with E-state index in [-0.39, 0.29) is 0 Å². The number of thiophene rings is 1. The van der Waals surface area contributed by atoms with Crippen molar-refractivity contribution < 1.29 is 9.53 Å². The highest BCUT2D eigenvalue weighted by Crippen LogP contribution is 2.35. The molecule has 23 heavy (non-hydrogen) atoms. The van der Waals surface area contributed by atoms with Crippen LogP contribution in [0.15, 0.2) is 30.3 Å². The molecule has 3 rings (SSSR count). The highest BCUT2D eigenvalue weighted by atomic mass is 32.1. The summed E-state index contributed by atoms with van der Waals surface area (Å²) in [6.07, 6.45) is 0. The monoisotopic (exact) mass is 326 g/mol. The molecule has 0 aliphatic carbocycles. The lowest BCUT2D eigenvalue weighted by atomic mass is 10.1. The van der Waals surface area contributed by atoms with Crippen LogP contribution in [0.2, 0.25) is 0 Å². The molecule has 1 amide bonds. The Morgan fingerprint density at radius 2 is 1.91 bits per heavy atom. The van der Waals surface area contributed by atoms with Crippen LogP contribution >= 0.6 is 11.3 Å². The third kappa shape index (κ3) is 3.39. The SMILES string of the molecule is Cc1c(C(N)=O)sc(N2CCOCC2)c1C#Cc1ccccc1. The minimum atomic E-state index is -0.394. The zero-order valence-corrected chi connectivity index (χ0v) is 13.8. The first-order chi connectivity index (χ1) is 11.2. The zero-order valence-electron chi connectivity index (χ0n) is 13.0. The molecule has 0 atom stereocenters. The standard InChI is InChI=1S/C18H18N2O2S/c1-13-15(8-7-14-5-3-2-4-6-14)18(23-16(13)17(19)21)20-9-11-22-12-10-20/h2-6H,9-12H2,1H3,(H2,19,21). The number of ether oxygens (including phenoxy) is 1. The minimum Gasteiger partial charge on any atom is -0.378 e. The highest BCUT2D eigenvalue weighted by Gasteiger charge is 2.22. The van der Waals surface area contributed by atoms with E-state index in [1.165, 1.54) is 11.3 Å². The summed E-state index contributed by atoms with van der Waals surface area (Å²) in [6, 6.07) is 9.83. The lowest BCUT2D eigenvalue weighted by molar-refractivity contribution is 0.100. The lowest BCUT2D eigenvalue weighted by Gasteiger charge is -2.27. The van der Waals surface area contributed by atoms with Crippen molar-refractivity contribution in [1.82, 2.24) is 0 Å². The van der Waals surface area contributed by atoms with E-state index in [0.29, 0.717) is 18.1 Å². The van der Waals surface area contributed by atoms with Gasteiger partial charge in [0, 0.05) is 18.7 Å². The van der Waals surface area contributed by atoms with Crippen molar-refractivity contribution in [2.45, 2.75) is 6.92 Å². The fourth-order valence-electron chi connectivity index (χ4n) is 2.53. The number of rotatable bonds is 2. The van der Waals surface area contributed by atoms with Gasteiger partial charge in [-0.1, -0.05) is 30.0 Å². The van der Waals surface area contributed by atoms with Gasteiger partial charge in [0.15, 0.2) is 0 Å². The van der Waals surface area contributed by atoms with Crippen LogP contribution < -0.4 is 10.6 Å². The Morgan fingerprint density at radius 3 is 2.57 bits per heavy atom. The number of primary amides is 1. The summed E-state index contributed by atoms with van der Waals surface area (Å²) in [5.41, 5.74) is 8.23. The summed E-state index contributed by atoms with van der Waals surface area (Å²) in [4.78, 5) is 14.5. The van der Waals surface area contributed by atoms with Crippen molar-refractivity contribution >= 4 is 22.2 Å². The number of anilines is 1. The summed E-state index contributed by atoms with van der Waals surface area (Å²) in [5.74, 6) is 6.03. The van der Waals surface area contributed by atoms with Crippen molar-refractivity contribution in [2.75, 3.05) is 31.2 Å². The van der Waals surface area contributed by atoms with Gasteiger partial charge in [-0.15, -0.1) is 11.3 Å². The molecule has 0 saturated carbocycles. The molecule has 5 heteroatoms. The van der Waals surface area contributed by atoms with E-state index < -0.39 is 5.91 Å². The Bertz CT molecular complexity index is 766. The zero-order chi connectivity index (χ0) is 16.2. The lowest BCUT2D eigenvalue weighted by Crippen LogP contribution is -2.36. The molecule has 2 heterocycles. The van der Waals surface area contributed by atoms with Gasteiger partial charge < -0.3 is 15.4 Å². The van der Waals surface area contributed by atoms with Gasteiger partial charge in [0.05, 0.1) is 23.7 Å². The van der Waals surface area contributed by atoms with Gasteiger partial charge in [-0.25, -0.2) is 0 Å². The van der Waals surface area contributed by atoms with Crippen molar-refractivity contribution in [3.05, 3.63) is 51.9 Å². The predicted molar refractivity (Wildman–Crippen MR) is 93.0 cm³/mol. The highest BCUT2D eigenvalue weighted by molar-refractivity contribution is 7.18. The average Bonchev–Trinajstić information content (AvgIpc) is 2.91. The first-order valence-corrected chi connectivity index (χ1v) is 8.31. The second-order valence-corrected chi connectivity index (χ2v) is 6.32. The summed E-state index contributed by atoms with van der Waals surface area (Å²) >= 11 is 1.43. The molecule has 1 aromatic carbocycles. The van der Waals surface area contributed by atoms with Gasteiger partial charge in [0.25, 0.3) is 5.91 Å². The molecule has 1 aliphatic rings. The third-order valence-electron chi connectivity index (χ3n) is 3.76. The van der Waals surface area contributed by atoms with Gasteiger partial charge in [-0.05, 0) is 24.6 Å². The third-order valence-corrected chi connectivity index (χ3v) is 5.12. The first-order valence-electron chi connectivity index (χ1n) is 7.50. The minimum absolute atomic E-state index is 0.394. The molecule has 118 valence electrons. The van der Waals surface area contributed by atoms with E-state index in [1.807, 2.05) is 37.3 Å². The maximum absolute atomic E-state index is 11.7. The summed E-state index contributed by atoms with van der Waals surface area (Å²) < 4.78 is 5.41. The van der Waals surface area contributed by atoms with Crippen LogP contribution in [0.5, 0.6) is 0 Å². The Kier molecular flexibility index (Phi) is 4.65. The van der Waals surface area contributed by atoms with Crippen LogP contribution in [0.4, 0.5) is 5.00 Å². The Labute approximate surface area is 139 Å². The number of morpholine rings is 1. The molecule has 2 N–H and O–H groups in total. The second-order valence-electron chi connectivity index (χ2n) is 5.32. The Morgan fingerprint density at radius 1 is 1.22 bits per heavy atom. The van der Waals surface area contributed by atoms with E-state index in [1.54, 1.807) is 0 Å². The molecule has 1 fully saturated rings. The molecule has 2 aromatic rings. The molecular weight excluding hydrogens is 308 g/mol. The summed E-state index contributed by atoms with van der Waals surface area (Å²) in [6.45, 7) is 4.90. The molecule has 4 nitrogen and oxygen atoms in total. The number of nitrogens with zero attached hydrogens (tertiary/aromatic N) is 1. The normalized spacial score (nSPS) is 14.2. The van der Waals surface area contributed by atoms with Gasteiger partial charge in [-0.3, -0.25) is 4.79 Å². The smallest absolute Gasteiger partial charge is 0.259 e. The van der Waals surface area contributed by atoms with E-state index in [4.69, 9.17) is 10.5 Å². The summed E-state index contributed by atoms with van der Waals surface area (Å²) in [7, 11) is 0. The Balaban J connectivity index is 2.03. The van der Waals surface area contributed by atoms with E-state index in [2.05, 4.69) is 16.7 Å². The number of hydrogen-bond acceptors (Lipinski definition) is 4. The van der Waals surface area contributed by atoms with Crippen molar-refractivity contribution in [3.8, 4) is 11.8 Å². The van der Waals surface area contributed by atoms with E-state index in [9.17, 15) is 4.79 Å². The van der Waals surface area contributed by atoms with Gasteiger partial charge in [0.1, 0.15) is 5.00 Å². The van der Waals surface area contributed by atoms with Crippen molar-refractivity contribution in [1.29, 1.82) is 0 Å². The second kappa shape index (κ2) is 6.86. The largest absolute Gasteiger partial charge is 0.378 e. The van der Waals surface area contributed by atoms with Crippen LogP contribution in [0.1, 0.15) is 26.4 Å². The van der Waals surface area contributed by atoms with Gasteiger partial charge in [-0.2, -0.15) is 0 Å². The molecule has 0 unspecified atom stereocenters. The topological polar surface area (TPSA) is 55.6 Å². The quantitative estimate of drug-likeness (QED) is 0.862. The maximum atomic E-state index is 11.7. The average molecular weight is 326 g/mol. The van der Waals surface area contributed by atoms with Gasteiger partial charge in [0.2, 0.25) is 0 Å². The first kappa shape index (κ1) is 15.6. The van der Waals surface area contributed by atoms with Crippen molar-refractivity contribution in [2.24, 2.45) is 5.73 Å². The van der Waals surface area contributed by atoms with Crippen LogP contribution in [0, 0.1) is 18.8 Å². The van der Waals surface area contributed by atoms with Crippen molar-refractivity contribution in [3.63, 3.8) is 0 Å². The van der Waals surface area contributed by atoms with Crippen LogP contribution in [0.3, 0.4) is 0 Å². The molecule has 1 aromatic heterocycles. The molecule has 1 aliphatic heterocycles. The molecule has 0 spiro atoms. The van der Waals surface area contributed by atoms with Crippen LogP contribution in [-0.4, -0.2) is 32.2 Å². The number of hydrogen-bond donors (Lipinski definition) is 1. The van der Waals surface area contributed by atoms with Crippen LogP contribution in [0.25, 0.3) is 0 Å². The molecular formula is C18H18N2O2S. The van der Waals surface area contributed by atoms with Crippen LogP contribution in [-0.2, 0) is 4.74 Å². The summed E-state index contributed by atoms with van der Waals surface area (Å²) in [5, 5.41) is 1.02. The number of carbonyl (C=O) groups excluding carboxylic acids is 1. The molecule has 0 bridgehead atoms. The number of amides is 1. The number of nitrogens with two attached hydrogens (primary N) is 1. The predicted octanol–water partition coefficient (Wildman–Crippen LogP) is 2.39. The van der Waals surface area contributed by atoms with E-state index in [0.717, 1.165) is 34.8 Å². The maximum Gasteiger partial charge on any atom is 0.259 e. The number of carbonyl (C=O) groups is 1. The van der Waals surface area contributed by atoms with Gasteiger partial charge >= 0.3 is 0 Å². The fourth-order valence-corrected chi connectivity index (χ4v) is 3.69. The molecule has 0 radical (unpaired) electrons.